The molecule has 2 aromatic carbocycles. The number of carbonyl (C=O) groups excluding carboxylic acids is 1. The first kappa shape index (κ1) is 13.4. The third kappa shape index (κ3) is 2.54. The van der Waals surface area contributed by atoms with E-state index in [4.69, 9.17) is 0 Å². The van der Waals surface area contributed by atoms with Gasteiger partial charge in [-0.15, -0.1) is 0 Å². The number of ether oxygens (including phenoxy) is 1. The van der Waals surface area contributed by atoms with Crippen LogP contribution in [0.5, 0.6) is 0 Å². The lowest BCUT2D eigenvalue weighted by Gasteiger charge is -2.18. The van der Waals surface area contributed by atoms with Crippen LogP contribution in [0.1, 0.15) is 18.5 Å². The van der Waals surface area contributed by atoms with Crippen molar-refractivity contribution >= 4 is 22.8 Å². The maximum absolute atomic E-state index is 11.3. The number of rotatable bonds is 1. The molecular weight excluding hydrogens is 266 g/mol. The van der Waals surface area contributed by atoms with Crippen molar-refractivity contribution in [3.63, 3.8) is 0 Å². The molecule has 2 aromatic rings. The molecule has 1 amide bonds. The van der Waals surface area contributed by atoms with Crippen LogP contribution in [0.15, 0.2) is 47.5 Å². The zero-order valence-corrected chi connectivity index (χ0v) is 12.0. The van der Waals surface area contributed by atoms with E-state index < -0.39 is 6.09 Å². The lowest BCUT2D eigenvalue weighted by atomic mass is 9.96. The third-order valence-electron chi connectivity index (χ3n) is 3.67. The largest absolute Gasteiger partial charge is 0.453 e. The second-order valence-electron chi connectivity index (χ2n) is 5.03. The van der Waals surface area contributed by atoms with Crippen molar-refractivity contribution in [1.29, 1.82) is 0 Å². The molecule has 2 N–H and O–H groups in total. The summed E-state index contributed by atoms with van der Waals surface area (Å²) in [5.41, 5.74) is 1.17. The Morgan fingerprint density at radius 3 is 2.81 bits per heavy atom. The van der Waals surface area contributed by atoms with Crippen molar-refractivity contribution in [3.05, 3.63) is 48.0 Å². The Morgan fingerprint density at radius 1 is 1.24 bits per heavy atom. The average molecular weight is 283 g/mol. The second kappa shape index (κ2) is 5.44. The first-order valence-electron chi connectivity index (χ1n) is 6.86. The number of aliphatic imine (C=N–C) groups is 1. The minimum atomic E-state index is -0.521. The predicted molar refractivity (Wildman–Crippen MR) is 82.3 cm³/mol. The van der Waals surface area contributed by atoms with Gasteiger partial charge in [0, 0.05) is 0 Å². The number of methoxy groups -OCH3 is 1. The number of hydrogen-bond acceptors (Lipinski definition) is 4. The monoisotopic (exact) mass is 283 g/mol. The zero-order chi connectivity index (χ0) is 14.8. The van der Waals surface area contributed by atoms with Crippen LogP contribution in [-0.4, -0.2) is 25.2 Å². The molecule has 5 heteroatoms. The van der Waals surface area contributed by atoms with Gasteiger partial charge in [-0.2, -0.15) is 0 Å². The van der Waals surface area contributed by atoms with Crippen LogP contribution >= 0.6 is 0 Å². The molecule has 21 heavy (non-hydrogen) atoms. The number of nitrogens with one attached hydrogen (secondary N) is 2. The van der Waals surface area contributed by atoms with E-state index in [9.17, 15) is 4.79 Å². The van der Waals surface area contributed by atoms with Crippen molar-refractivity contribution in [1.82, 2.24) is 10.6 Å². The number of guanidine groups is 1. The summed E-state index contributed by atoms with van der Waals surface area (Å²) in [5.74, 6) is 0.451. The molecule has 108 valence electrons. The predicted octanol–water partition coefficient (Wildman–Crippen LogP) is 2.58. The molecule has 5 nitrogen and oxygen atoms in total. The summed E-state index contributed by atoms with van der Waals surface area (Å²) in [5, 5.41) is 8.22. The fourth-order valence-electron chi connectivity index (χ4n) is 2.66. The van der Waals surface area contributed by atoms with E-state index in [-0.39, 0.29) is 12.1 Å². The number of benzene rings is 2. The van der Waals surface area contributed by atoms with E-state index in [0.717, 1.165) is 0 Å². The van der Waals surface area contributed by atoms with Gasteiger partial charge >= 0.3 is 6.09 Å². The van der Waals surface area contributed by atoms with Crippen LogP contribution in [0, 0.1) is 0 Å². The van der Waals surface area contributed by atoms with E-state index in [0.29, 0.717) is 5.96 Å². The summed E-state index contributed by atoms with van der Waals surface area (Å²) in [4.78, 5) is 15.7. The van der Waals surface area contributed by atoms with Gasteiger partial charge in [0.2, 0.25) is 5.96 Å². The fraction of sp³-hybridized carbons (Fsp3) is 0.250. The molecule has 0 saturated heterocycles. The topological polar surface area (TPSA) is 62.7 Å². The summed E-state index contributed by atoms with van der Waals surface area (Å²) in [7, 11) is 1.33. The van der Waals surface area contributed by atoms with Crippen LogP contribution in [0.3, 0.4) is 0 Å². The van der Waals surface area contributed by atoms with Gasteiger partial charge in [-0.05, 0) is 23.3 Å². The van der Waals surface area contributed by atoms with Crippen molar-refractivity contribution in [2.75, 3.05) is 7.11 Å². The van der Waals surface area contributed by atoms with E-state index in [1.165, 1.54) is 23.4 Å². The quantitative estimate of drug-likeness (QED) is 0.845. The van der Waals surface area contributed by atoms with Gasteiger partial charge in [-0.1, -0.05) is 42.5 Å². The maximum atomic E-state index is 11.3. The minimum Gasteiger partial charge on any atom is -0.453 e. The highest BCUT2D eigenvalue weighted by Gasteiger charge is 2.28. The molecule has 0 fully saturated rings. The number of carbonyl (C=O) groups is 1. The smallest absolute Gasteiger partial charge is 0.413 e. The lowest BCUT2D eigenvalue weighted by molar-refractivity contribution is 0.176. The van der Waals surface area contributed by atoms with E-state index in [2.05, 4.69) is 44.6 Å². The summed E-state index contributed by atoms with van der Waals surface area (Å²) in [6, 6.07) is 14.5. The average Bonchev–Trinajstić information content (AvgIpc) is 2.87. The fourth-order valence-corrected chi connectivity index (χ4v) is 2.66. The zero-order valence-electron chi connectivity index (χ0n) is 12.0. The molecule has 0 spiro atoms. The van der Waals surface area contributed by atoms with E-state index >= 15 is 0 Å². The van der Waals surface area contributed by atoms with Crippen LogP contribution in [-0.2, 0) is 4.74 Å². The SMILES string of the molecule is COC(=O)NC1=NC(C)C(c2cccc3ccccc23)N1. The molecule has 1 aliphatic rings. The van der Waals surface area contributed by atoms with Crippen LogP contribution < -0.4 is 10.6 Å². The Labute approximate surface area is 123 Å². The van der Waals surface area contributed by atoms with Gasteiger partial charge in [0.05, 0.1) is 19.2 Å². The highest BCUT2D eigenvalue weighted by Crippen LogP contribution is 2.29. The third-order valence-corrected chi connectivity index (χ3v) is 3.67. The molecule has 2 atom stereocenters. The van der Waals surface area contributed by atoms with Gasteiger partial charge in [-0.25, -0.2) is 9.79 Å². The van der Waals surface area contributed by atoms with Gasteiger partial charge in [-0.3, -0.25) is 5.32 Å². The van der Waals surface area contributed by atoms with Gasteiger partial charge in [0.15, 0.2) is 0 Å². The molecule has 0 bridgehead atoms. The molecule has 1 aliphatic heterocycles. The summed E-state index contributed by atoms with van der Waals surface area (Å²) >= 11 is 0. The van der Waals surface area contributed by atoms with Crippen LogP contribution in [0.4, 0.5) is 4.79 Å². The van der Waals surface area contributed by atoms with Crippen molar-refractivity contribution in [2.45, 2.75) is 19.0 Å². The lowest BCUT2D eigenvalue weighted by Crippen LogP contribution is -2.39. The minimum absolute atomic E-state index is 0.0305. The standard InChI is InChI=1S/C16H17N3O2/c1-10-14(18-15(17-10)19-16(20)21-2)13-9-5-7-11-6-3-4-8-12(11)13/h3-10,14H,1-2H3,(H2,17,18,19,20). The Bertz CT molecular complexity index is 706. The van der Waals surface area contributed by atoms with Crippen molar-refractivity contribution in [2.24, 2.45) is 4.99 Å². The highest BCUT2D eigenvalue weighted by molar-refractivity contribution is 5.96. The van der Waals surface area contributed by atoms with Crippen LogP contribution in [0.25, 0.3) is 10.8 Å². The normalized spacial score (nSPS) is 20.8. The van der Waals surface area contributed by atoms with Crippen molar-refractivity contribution < 1.29 is 9.53 Å². The number of fused-ring (bicyclic) bond motifs is 1. The summed E-state index contributed by atoms with van der Waals surface area (Å²) in [6.07, 6.45) is -0.521. The molecule has 0 saturated carbocycles. The first-order valence-corrected chi connectivity index (χ1v) is 6.86. The van der Waals surface area contributed by atoms with E-state index in [1.54, 1.807) is 0 Å². The van der Waals surface area contributed by atoms with Crippen LogP contribution in [0.2, 0.25) is 0 Å². The number of alkyl carbamates (subject to hydrolysis) is 1. The first-order chi connectivity index (χ1) is 10.2. The Balaban J connectivity index is 1.89. The molecule has 2 unspecified atom stereocenters. The maximum Gasteiger partial charge on any atom is 0.413 e. The van der Waals surface area contributed by atoms with E-state index in [1.807, 2.05) is 25.1 Å². The number of amides is 1. The molecule has 0 aromatic heterocycles. The Morgan fingerprint density at radius 2 is 2.00 bits per heavy atom. The summed E-state index contributed by atoms with van der Waals surface area (Å²) < 4.78 is 4.59. The summed E-state index contributed by atoms with van der Waals surface area (Å²) in [6.45, 7) is 2.02. The Hall–Kier alpha value is -2.56. The molecule has 0 radical (unpaired) electrons. The van der Waals surface area contributed by atoms with Gasteiger partial charge in [0.25, 0.3) is 0 Å². The number of hydrogen-bond donors (Lipinski definition) is 2. The molecular formula is C16H17N3O2. The molecule has 3 rings (SSSR count). The van der Waals surface area contributed by atoms with Crippen molar-refractivity contribution in [3.8, 4) is 0 Å². The van der Waals surface area contributed by atoms with Gasteiger partial charge in [0.1, 0.15) is 0 Å². The highest BCUT2D eigenvalue weighted by atomic mass is 16.5. The molecule has 0 aliphatic carbocycles. The second-order valence-corrected chi connectivity index (χ2v) is 5.03. The van der Waals surface area contributed by atoms with Gasteiger partial charge < -0.3 is 10.1 Å². The molecule has 1 heterocycles. The Kier molecular flexibility index (Phi) is 3.48. The number of nitrogens with zero attached hydrogens (tertiary/aromatic N) is 1.